The molecule has 0 aromatic carbocycles. The van der Waals surface area contributed by atoms with Gasteiger partial charge in [0.25, 0.3) is 0 Å². The Morgan fingerprint density at radius 1 is 0.929 bits per heavy atom. The van der Waals surface area contributed by atoms with Gasteiger partial charge in [-0.3, -0.25) is 4.90 Å². The van der Waals surface area contributed by atoms with Gasteiger partial charge in [-0.05, 0) is 105 Å². The first-order valence-corrected chi connectivity index (χ1v) is 12.0. The van der Waals surface area contributed by atoms with Gasteiger partial charge in [0.05, 0.1) is 18.3 Å². The molecule has 4 unspecified atom stereocenters. The Morgan fingerprint density at radius 2 is 1.68 bits per heavy atom. The van der Waals surface area contributed by atoms with Crippen molar-refractivity contribution in [2.24, 2.45) is 34.5 Å². The number of aliphatic hydroxyl groups excluding tert-OH is 2. The molecule has 5 fully saturated rings. The summed E-state index contributed by atoms with van der Waals surface area (Å²) in [5.41, 5.74) is 0.396. The summed E-state index contributed by atoms with van der Waals surface area (Å²) in [6.07, 6.45) is 10.3. The third-order valence-electron chi connectivity index (χ3n) is 10.5. The normalized spacial score (nSPS) is 56.9. The molecule has 4 nitrogen and oxygen atoms in total. The molecule has 0 spiro atoms. The molecule has 1 aliphatic heterocycles. The minimum atomic E-state index is -0.290. The molecule has 0 aromatic heterocycles. The van der Waals surface area contributed by atoms with E-state index in [1.807, 2.05) is 0 Å². The summed E-state index contributed by atoms with van der Waals surface area (Å²) in [7, 11) is 1.77. The van der Waals surface area contributed by atoms with E-state index in [-0.39, 0.29) is 23.7 Å². The minimum Gasteiger partial charge on any atom is -0.391 e. The Hall–Kier alpha value is -0.160. The fourth-order valence-electron chi connectivity index (χ4n) is 8.90. The molecule has 10 atom stereocenters. The molecule has 2 N–H and O–H groups in total. The van der Waals surface area contributed by atoms with Gasteiger partial charge in [-0.1, -0.05) is 13.8 Å². The van der Waals surface area contributed by atoms with Crippen LogP contribution < -0.4 is 0 Å². The van der Waals surface area contributed by atoms with Crippen LogP contribution in [0.1, 0.15) is 71.6 Å². The highest BCUT2D eigenvalue weighted by Gasteiger charge is 2.63. The molecule has 1 heterocycles. The third kappa shape index (κ3) is 2.70. The van der Waals surface area contributed by atoms with E-state index in [1.165, 1.54) is 58.0 Å². The number of aliphatic hydroxyl groups is 2. The van der Waals surface area contributed by atoms with Crippen LogP contribution in [0.15, 0.2) is 0 Å². The minimum absolute atomic E-state index is 0.000160. The van der Waals surface area contributed by atoms with Crippen molar-refractivity contribution in [3.05, 3.63) is 0 Å². The molecule has 0 aromatic rings. The van der Waals surface area contributed by atoms with Crippen molar-refractivity contribution in [1.29, 1.82) is 0 Å². The topological polar surface area (TPSA) is 52.9 Å². The summed E-state index contributed by atoms with van der Waals surface area (Å²) in [6, 6.07) is 0.390. The Bertz CT molecular complexity index is 590. The maximum absolute atomic E-state index is 11.4. The van der Waals surface area contributed by atoms with Gasteiger partial charge in [0, 0.05) is 13.2 Å². The number of rotatable bonds is 2. The van der Waals surface area contributed by atoms with Crippen LogP contribution >= 0.6 is 0 Å². The molecule has 4 aliphatic carbocycles. The van der Waals surface area contributed by atoms with E-state index in [0.717, 1.165) is 24.7 Å². The Morgan fingerprint density at radius 3 is 2.39 bits per heavy atom. The number of ether oxygens (including phenoxy) is 1. The molecule has 28 heavy (non-hydrogen) atoms. The van der Waals surface area contributed by atoms with Gasteiger partial charge in [-0.15, -0.1) is 0 Å². The zero-order valence-electron chi connectivity index (χ0n) is 18.1. The average molecular weight is 392 g/mol. The molecule has 0 bridgehead atoms. The lowest BCUT2D eigenvalue weighted by molar-refractivity contribution is -0.169. The van der Waals surface area contributed by atoms with Crippen molar-refractivity contribution >= 4 is 0 Å². The van der Waals surface area contributed by atoms with Crippen molar-refractivity contribution in [2.75, 3.05) is 20.2 Å². The van der Waals surface area contributed by atoms with Crippen LogP contribution in [0, 0.1) is 34.5 Å². The Labute approximate surface area is 171 Å². The van der Waals surface area contributed by atoms with Crippen molar-refractivity contribution in [2.45, 2.75) is 96.0 Å². The van der Waals surface area contributed by atoms with E-state index in [9.17, 15) is 10.2 Å². The fourth-order valence-corrected chi connectivity index (χ4v) is 8.90. The van der Waals surface area contributed by atoms with Gasteiger partial charge in [-0.25, -0.2) is 0 Å². The molecule has 5 aliphatic rings. The number of hydrogen-bond acceptors (Lipinski definition) is 4. The highest BCUT2D eigenvalue weighted by atomic mass is 16.5. The predicted molar refractivity (Wildman–Crippen MR) is 110 cm³/mol. The number of fused-ring (bicyclic) bond motifs is 5. The zero-order valence-corrected chi connectivity index (χ0v) is 18.1. The van der Waals surface area contributed by atoms with Crippen molar-refractivity contribution in [1.82, 2.24) is 4.90 Å². The summed E-state index contributed by atoms with van der Waals surface area (Å²) < 4.78 is 5.71. The second-order valence-corrected chi connectivity index (χ2v) is 11.5. The lowest BCUT2D eigenvalue weighted by Gasteiger charge is -2.61. The van der Waals surface area contributed by atoms with Gasteiger partial charge in [0.1, 0.15) is 0 Å². The summed E-state index contributed by atoms with van der Waals surface area (Å²) in [5.74, 6) is 2.78. The monoisotopic (exact) mass is 391 g/mol. The third-order valence-corrected chi connectivity index (χ3v) is 10.5. The Kier molecular flexibility index (Phi) is 4.90. The largest absolute Gasteiger partial charge is 0.391 e. The quantitative estimate of drug-likeness (QED) is 0.757. The number of hydrogen-bond donors (Lipinski definition) is 2. The Balaban J connectivity index is 1.41. The van der Waals surface area contributed by atoms with E-state index >= 15 is 0 Å². The van der Waals surface area contributed by atoms with Crippen molar-refractivity contribution in [3.8, 4) is 0 Å². The van der Waals surface area contributed by atoms with Gasteiger partial charge < -0.3 is 14.9 Å². The molecule has 1 saturated heterocycles. The van der Waals surface area contributed by atoms with Gasteiger partial charge in [0.15, 0.2) is 0 Å². The van der Waals surface area contributed by atoms with Crippen molar-refractivity contribution in [3.63, 3.8) is 0 Å². The number of nitrogens with zero attached hydrogens (tertiary/aromatic N) is 1. The highest BCUT2D eigenvalue weighted by molar-refractivity contribution is 5.13. The second kappa shape index (κ2) is 6.93. The molecule has 4 saturated carbocycles. The van der Waals surface area contributed by atoms with E-state index in [1.54, 1.807) is 7.11 Å². The smallest absolute Gasteiger partial charge is 0.0835 e. The fraction of sp³-hybridized carbons (Fsp3) is 1.00. The summed E-state index contributed by atoms with van der Waals surface area (Å²) in [4.78, 5) is 2.61. The van der Waals surface area contributed by atoms with Crippen LogP contribution in [0.5, 0.6) is 0 Å². The number of methoxy groups -OCH3 is 1. The van der Waals surface area contributed by atoms with Crippen LogP contribution in [0.3, 0.4) is 0 Å². The highest BCUT2D eigenvalue weighted by Crippen LogP contribution is 2.66. The zero-order chi connectivity index (χ0) is 19.7. The first-order valence-electron chi connectivity index (χ1n) is 12.0. The van der Waals surface area contributed by atoms with E-state index < -0.39 is 0 Å². The van der Waals surface area contributed by atoms with Crippen LogP contribution in [0.25, 0.3) is 0 Å². The summed E-state index contributed by atoms with van der Waals surface area (Å²) in [5, 5.41) is 21.9. The lowest BCUT2D eigenvalue weighted by Crippen LogP contribution is -2.57. The van der Waals surface area contributed by atoms with Crippen molar-refractivity contribution < 1.29 is 14.9 Å². The van der Waals surface area contributed by atoms with E-state index in [0.29, 0.717) is 23.3 Å². The first kappa shape index (κ1) is 19.8. The lowest BCUT2D eigenvalue weighted by atomic mass is 9.45. The summed E-state index contributed by atoms with van der Waals surface area (Å²) >= 11 is 0. The first-order chi connectivity index (χ1) is 13.4. The van der Waals surface area contributed by atoms with Gasteiger partial charge in [-0.2, -0.15) is 0 Å². The maximum atomic E-state index is 11.4. The van der Waals surface area contributed by atoms with Crippen LogP contribution in [-0.4, -0.2) is 59.7 Å². The van der Waals surface area contributed by atoms with E-state index in [4.69, 9.17) is 4.74 Å². The van der Waals surface area contributed by atoms with Crippen LogP contribution in [0.4, 0.5) is 0 Å². The van der Waals surface area contributed by atoms with Gasteiger partial charge in [0.2, 0.25) is 0 Å². The SMILES string of the molecule is CO[C@H]1C[C@@]2(C)C(CCC3C2CC[C@@]2(C)C3C[C@H](N3CCCC3)[C@@H]2O)C[C@@H]1O. The molecule has 4 heteroatoms. The molecule has 160 valence electrons. The molecular formula is C24H41NO3. The standard InChI is InChI=1S/C24H41NO3/c1-23-9-8-17-16(18(23)13-19(22(23)27)25-10-4-5-11-25)7-6-15-12-20(26)21(28-3)14-24(15,17)2/h15-22,26-27H,4-14H2,1-3H3/t15?,16?,17?,18?,19-,20-,21-,22-,23-,24-/m0/s1. The summed E-state index contributed by atoms with van der Waals surface area (Å²) in [6.45, 7) is 7.29. The van der Waals surface area contributed by atoms with Crippen LogP contribution in [-0.2, 0) is 4.74 Å². The second-order valence-electron chi connectivity index (χ2n) is 11.5. The predicted octanol–water partition coefficient (Wildman–Crippen LogP) is 3.45. The molecular weight excluding hydrogens is 350 g/mol. The molecule has 0 amide bonds. The van der Waals surface area contributed by atoms with Gasteiger partial charge >= 0.3 is 0 Å². The van der Waals surface area contributed by atoms with E-state index in [2.05, 4.69) is 18.7 Å². The average Bonchev–Trinajstić information content (AvgIpc) is 3.29. The number of likely N-dealkylation sites (tertiary alicyclic amines) is 1. The molecule has 0 radical (unpaired) electrons. The van der Waals surface area contributed by atoms with Crippen LogP contribution in [0.2, 0.25) is 0 Å². The maximum Gasteiger partial charge on any atom is 0.0835 e. The molecule has 5 rings (SSSR count).